The van der Waals surface area contributed by atoms with Crippen LogP contribution in [-0.4, -0.2) is 4.43 Å². The Labute approximate surface area is 52.8 Å². The van der Waals surface area contributed by atoms with Crippen molar-refractivity contribution < 1.29 is 0 Å². The Morgan fingerprint density at radius 1 is 1.83 bits per heavy atom. The van der Waals surface area contributed by atoms with E-state index in [0.717, 1.165) is 4.43 Å². The lowest BCUT2D eigenvalue weighted by molar-refractivity contribution is 1.40. The second kappa shape index (κ2) is 3.65. The molecule has 0 aliphatic rings. The maximum absolute atomic E-state index is 2.35. The van der Waals surface area contributed by atoms with Crippen LogP contribution in [0.1, 0.15) is 13.8 Å². The number of rotatable bonds is 1. The molecule has 0 atom stereocenters. The molecule has 1 heteroatoms. The Balaban J connectivity index is 3.22. The van der Waals surface area contributed by atoms with E-state index in [1.54, 1.807) is 0 Å². The van der Waals surface area contributed by atoms with Gasteiger partial charge in [0.2, 0.25) is 0 Å². The fraction of sp³-hybridized carbons (Fsp3) is 0.600. The predicted molar refractivity (Wildman–Crippen MR) is 38.3 cm³/mol. The van der Waals surface area contributed by atoms with Crippen LogP contribution in [0.2, 0.25) is 0 Å². The average Bonchev–Trinajstić information content (AvgIpc) is 1.65. The molecular weight excluding hydrogens is 187 g/mol. The standard InChI is InChI=1S/C5H9I/c1-3-5(2)4-6/h3H,4H2,1-2H3/b5-3-. The Morgan fingerprint density at radius 2 is 2.33 bits per heavy atom. The molecular formula is C5H9I. The van der Waals surface area contributed by atoms with Gasteiger partial charge in [-0.05, 0) is 13.8 Å². The van der Waals surface area contributed by atoms with Crippen molar-refractivity contribution in [2.24, 2.45) is 0 Å². The number of alkyl halides is 1. The molecule has 0 heterocycles. The van der Waals surface area contributed by atoms with Crippen molar-refractivity contribution in [1.82, 2.24) is 0 Å². The van der Waals surface area contributed by atoms with E-state index in [1.807, 2.05) is 0 Å². The van der Waals surface area contributed by atoms with Crippen LogP contribution in [0.15, 0.2) is 11.6 Å². The van der Waals surface area contributed by atoms with Gasteiger partial charge >= 0.3 is 0 Å². The van der Waals surface area contributed by atoms with Crippen molar-refractivity contribution in [3.63, 3.8) is 0 Å². The topological polar surface area (TPSA) is 0 Å². The number of hydrogen-bond donors (Lipinski definition) is 0. The number of allylic oxidation sites excluding steroid dienone is 2. The van der Waals surface area contributed by atoms with Gasteiger partial charge in [0.15, 0.2) is 0 Å². The highest BCUT2D eigenvalue weighted by atomic mass is 127. The van der Waals surface area contributed by atoms with Crippen molar-refractivity contribution in [3.8, 4) is 0 Å². The Morgan fingerprint density at radius 3 is 2.33 bits per heavy atom. The summed E-state index contributed by atoms with van der Waals surface area (Å²) in [4.78, 5) is 0. The van der Waals surface area contributed by atoms with Crippen LogP contribution in [-0.2, 0) is 0 Å². The average molecular weight is 196 g/mol. The minimum absolute atomic E-state index is 1.16. The van der Waals surface area contributed by atoms with E-state index < -0.39 is 0 Å². The van der Waals surface area contributed by atoms with Crippen LogP contribution in [0, 0.1) is 0 Å². The van der Waals surface area contributed by atoms with Gasteiger partial charge in [-0.15, -0.1) is 0 Å². The van der Waals surface area contributed by atoms with E-state index in [1.165, 1.54) is 5.57 Å². The lowest BCUT2D eigenvalue weighted by atomic mass is 10.3. The third-order valence-corrected chi connectivity index (χ3v) is 1.91. The van der Waals surface area contributed by atoms with Gasteiger partial charge in [0.05, 0.1) is 0 Å². The molecule has 0 aliphatic heterocycles. The first-order valence-electron chi connectivity index (χ1n) is 1.99. The second-order valence-electron chi connectivity index (χ2n) is 1.27. The van der Waals surface area contributed by atoms with Crippen molar-refractivity contribution >= 4 is 22.6 Å². The van der Waals surface area contributed by atoms with Crippen LogP contribution >= 0.6 is 22.6 Å². The fourth-order valence-electron chi connectivity index (χ4n) is 0.0772. The van der Waals surface area contributed by atoms with Crippen molar-refractivity contribution in [2.75, 3.05) is 4.43 Å². The first kappa shape index (κ1) is 6.47. The molecule has 0 aromatic carbocycles. The molecule has 0 N–H and O–H groups in total. The van der Waals surface area contributed by atoms with Crippen molar-refractivity contribution in [2.45, 2.75) is 13.8 Å². The normalized spacial score (nSPS) is 12.2. The molecule has 6 heavy (non-hydrogen) atoms. The zero-order chi connectivity index (χ0) is 4.99. The molecule has 0 unspecified atom stereocenters. The molecule has 0 saturated carbocycles. The van der Waals surface area contributed by atoms with Gasteiger partial charge in [0, 0.05) is 4.43 Å². The molecule has 0 fully saturated rings. The Bertz CT molecular complexity index is 55.0. The Hall–Kier alpha value is 0.470. The molecule has 0 nitrogen and oxygen atoms in total. The first-order valence-corrected chi connectivity index (χ1v) is 3.51. The molecule has 0 spiro atoms. The van der Waals surface area contributed by atoms with Gasteiger partial charge in [-0.25, -0.2) is 0 Å². The molecule has 0 saturated heterocycles. The summed E-state index contributed by atoms with van der Waals surface area (Å²) in [5.41, 5.74) is 1.45. The quantitative estimate of drug-likeness (QED) is 0.343. The highest BCUT2D eigenvalue weighted by molar-refractivity contribution is 14.1. The minimum Gasteiger partial charge on any atom is -0.0880 e. The molecule has 0 rings (SSSR count). The Kier molecular flexibility index (Phi) is 3.94. The molecule has 0 bridgehead atoms. The minimum atomic E-state index is 1.16. The third-order valence-electron chi connectivity index (χ3n) is 0.704. The SMILES string of the molecule is C/C=C(/C)CI. The van der Waals surface area contributed by atoms with Gasteiger partial charge in [-0.3, -0.25) is 0 Å². The van der Waals surface area contributed by atoms with Crippen LogP contribution < -0.4 is 0 Å². The van der Waals surface area contributed by atoms with Crippen LogP contribution in [0.5, 0.6) is 0 Å². The number of hydrogen-bond acceptors (Lipinski definition) is 0. The van der Waals surface area contributed by atoms with Crippen LogP contribution in [0.3, 0.4) is 0 Å². The summed E-state index contributed by atoms with van der Waals surface area (Å²) in [7, 11) is 0. The number of halogens is 1. The lowest BCUT2D eigenvalue weighted by Gasteiger charge is -1.83. The van der Waals surface area contributed by atoms with Gasteiger partial charge < -0.3 is 0 Å². The highest BCUT2D eigenvalue weighted by Crippen LogP contribution is 1.95. The van der Waals surface area contributed by atoms with Crippen molar-refractivity contribution in [1.29, 1.82) is 0 Å². The highest BCUT2D eigenvalue weighted by Gasteiger charge is 1.74. The molecule has 0 aromatic heterocycles. The molecule has 0 amide bonds. The second-order valence-corrected chi connectivity index (χ2v) is 2.03. The summed E-state index contributed by atoms with van der Waals surface area (Å²) in [5.74, 6) is 0. The summed E-state index contributed by atoms with van der Waals surface area (Å²) < 4.78 is 1.16. The maximum atomic E-state index is 2.35. The van der Waals surface area contributed by atoms with Crippen molar-refractivity contribution in [3.05, 3.63) is 11.6 Å². The molecule has 0 aliphatic carbocycles. The summed E-state index contributed by atoms with van der Waals surface area (Å²) in [6.07, 6.45) is 2.13. The van der Waals surface area contributed by atoms with Crippen LogP contribution in [0.4, 0.5) is 0 Å². The predicted octanol–water partition coefficient (Wildman–Crippen LogP) is 2.39. The summed E-state index contributed by atoms with van der Waals surface area (Å²) in [5, 5.41) is 0. The van der Waals surface area contributed by atoms with Crippen LogP contribution in [0.25, 0.3) is 0 Å². The summed E-state index contributed by atoms with van der Waals surface area (Å²) >= 11 is 2.35. The summed E-state index contributed by atoms with van der Waals surface area (Å²) in [6.45, 7) is 4.19. The van der Waals surface area contributed by atoms with Gasteiger partial charge in [-0.1, -0.05) is 34.2 Å². The lowest BCUT2D eigenvalue weighted by Crippen LogP contribution is -1.69. The zero-order valence-electron chi connectivity index (χ0n) is 4.16. The van der Waals surface area contributed by atoms with E-state index in [4.69, 9.17) is 0 Å². The molecule has 36 valence electrons. The summed E-state index contributed by atoms with van der Waals surface area (Å²) in [6, 6.07) is 0. The molecule has 0 radical (unpaired) electrons. The van der Waals surface area contributed by atoms with Gasteiger partial charge in [0.1, 0.15) is 0 Å². The first-order chi connectivity index (χ1) is 2.81. The third kappa shape index (κ3) is 2.69. The largest absolute Gasteiger partial charge is 0.0880 e. The van der Waals surface area contributed by atoms with E-state index in [9.17, 15) is 0 Å². The maximum Gasteiger partial charge on any atom is 0.0203 e. The van der Waals surface area contributed by atoms with Gasteiger partial charge in [0.25, 0.3) is 0 Å². The van der Waals surface area contributed by atoms with E-state index >= 15 is 0 Å². The fourth-order valence-corrected chi connectivity index (χ4v) is 0.518. The van der Waals surface area contributed by atoms with Gasteiger partial charge in [-0.2, -0.15) is 0 Å². The van der Waals surface area contributed by atoms with E-state index in [2.05, 4.69) is 42.5 Å². The zero-order valence-corrected chi connectivity index (χ0v) is 6.32. The van der Waals surface area contributed by atoms with E-state index in [-0.39, 0.29) is 0 Å². The molecule has 0 aromatic rings. The monoisotopic (exact) mass is 196 g/mol. The smallest absolute Gasteiger partial charge is 0.0203 e. The van der Waals surface area contributed by atoms with E-state index in [0.29, 0.717) is 0 Å².